The Morgan fingerprint density at radius 3 is 2.31 bits per heavy atom. The first-order chi connectivity index (χ1) is 12.5. The second-order valence-corrected chi connectivity index (χ2v) is 5.80. The van der Waals surface area contributed by atoms with E-state index in [0.717, 1.165) is 12.0 Å². The van der Waals surface area contributed by atoms with Gasteiger partial charge in [-0.25, -0.2) is 9.18 Å². The molecule has 5 nitrogen and oxygen atoms in total. The Kier molecular flexibility index (Phi) is 7.14. The van der Waals surface area contributed by atoms with Crippen LogP contribution in [0.5, 0.6) is 5.75 Å². The molecule has 0 radical (unpaired) electrons. The average Bonchev–Trinajstić information content (AvgIpc) is 2.66. The molecule has 2 aromatic rings. The first kappa shape index (κ1) is 19.4. The van der Waals surface area contributed by atoms with Gasteiger partial charge in [-0.2, -0.15) is 0 Å². The minimum atomic E-state index is -0.734. The van der Waals surface area contributed by atoms with Crippen molar-refractivity contribution in [1.82, 2.24) is 4.90 Å². The van der Waals surface area contributed by atoms with Gasteiger partial charge in [-0.3, -0.25) is 4.79 Å². The Morgan fingerprint density at radius 2 is 1.65 bits per heavy atom. The minimum Gasteiger partial charge on any atom is -0.479 e. The Morgan fingerprint density at radius 1 is 1.00 bits per heavy atom. The number of aryl methyl sites for hydroxylation is 1. The third kappa shape index (κ3) is 5.88. The molecule has 0 heterocycles. The third-order valence-corrected chi connectivity index (χ3v) is 3.82. The van der Waals surface area contributed by atoms with Crippen LogP contribution < -0.4 is 4.74 Å². The van der Waals surface area contributed by atoms with Crippen LogP contribution in [0.25, 0.3) is 0 Å². The number of esters is 1. The number of nitrogens with zero attached hydrogens (tertiary/aromatic N) is 1. The number of likely N-dealkylation sites (N-methyl/N-ethyl adjacent to an activating group) is 1. The SMILES string of the molecule is CCc1ccc(CN(C)C(=O)COC(=O)COc2ccccc2F)cc1. The van der Waals surface area contributed by atoms with Gasteiger partial charge in [0.1, 0.15) is 0 Å². The fraction of sp³-hybridized carbons (Fsp3) is 0.300. The maximum atomic E-state index is 13.4. The third-order valence-electron chi connectivity index (χ3n) is 3.82. The van der Waals surface area contributed by atoms with Crippen molar-refractivity contribution in [2.45, 2.75) is 19.9 Å². The lowest BCUT2D eigenvalue weighted by Crippen LogP contribution is -2.31. The summed E-state index contributed by atoms with van der Waals surface area (Å²) in [5, 5.41) is 0. The Hall–Kier alpha value is -2.89. The lowest BCUT2D eigenvalue weighted by molar-refractivity contribution is -0.153. The number of carbonyl (C=O) groups is 2. The molecule has 0 spiro atoms. The zero-order valence-electron chi connectivity index (χ0n) is 14.9. The molecule has 0 aromatic heterocycles. The Balaban J connectivity index is 1.74. The number of hydrogen-bond acceptors (Lipinski definition) is 4. The van der Waals surface area contributed by atoms with Crippen LogP contribution in [0.4, 0.5) is 4.39 Å². The fourth-order valence-corrected chi connectivity index (χ4v) is 2.23. The number of hydrogen-bond donors (Lipinski definition) is 0. The summed E-state index contributed by atoms with van der Waals surface area (Å²) in [5.74, 6) is -1.67. The van der Waals surface area contributed by atoms with Crippen molar-refractivity contribution in [3.05, 3.63) is 65.5 Å². The monoisotopic (exact) mass is 359 g/mol. The standard InChI is InChI=1S/C20H22FNO4/c1-3-15-8-10-16(11-9-15)12-22(2)19(23)13-26-20(24)14-25-18-7-5-4-6-17(18)21/h4-11H,3,12-14H2,1-2H3. The van der Waals surface area contributed by atoms with Gasteiger partial charge >= 0.3 is 5.97 Å². The van der Waals surface area contributed by atoms with Crippen LogP contribution in [0.2, 0.25) is 0 Å². The number of ether oxygens (including phenoxy) is 2. The van der Waals surface area contributed by atoms with Crippen LogP contribution in [0.15, 0.2) is 48.5 Å². The minimum absolute atomic E-state index is 0.0385. The molecule has 0 unspecified atom stereocenters. The molecule has 138 valence electrons. The molecule has 0 aliphatic carbocycles. The van der Waals surface area contributed by atoms with Gasteiger partial charge in [0.05, 0.1) is 0 Å². The molecule has 6 heteroatoms. The number of carbonyl (C=O) groups excluding carboxylic acids is 2. The van der Waals surface area contributed by atoms with Crippen molar-refractivity contribution >= 4 is 11.9 Å². The summed E-state index contributed by atoms with van der Waals surface area (Å²) >= 11 is 0. The summed E-state index contributed by atoms with van der Waals surface area (Å²) in [7, 11) is 1.64. The lowest BCUT2D eigenvalue weighted by atomic mass is 10.1. The van der Waals surface area contributed by atoms with E-state index in [1.807, 2.05) is 24.3 Å². The summed E-state index contributed by atoms with van der Waals surface area (Å²) in [4.78, 5) is 25.2. The van der Waals surface area contributed by atoms with Crippen molar-refractivity contribution in [2.75, 3.05) is 20.3 Å². The molecule has 1 amide bonds. The van der Waals surface area contributed by atoms with Crippen LogP contribution in [0.3, 0.4) is 0 Å². The van der Waals surface area contributed by atoms with E-state index in [4.69, 9.17) is 9.47 Å². The average molecular weight is 359 g/mol. The molecule has 2 rings (SSSR count). The van der Waals surface area contributed by atoms with Crippen molar-refractivity contribution in [1.29, 1.82) is 0 Å². The van der Waals surface area contributed by atoms with E-state index in [1.54, 1.807) is 13.1 Å². The van der Waals surface area contributed by atoms with Gasteiger partial charge in [-0.15, -0.1) is 0 Å². The van der Waals surface area contributed by atoms with Gasteiger partial charge < -0.3 is 14.4 Å². The fourth-order valence-electron chi connectivity index (χ4n) is 2.23. The van der Waals surface area contributed by atoms with Crippen LogP contribution in [-0.2, 0) is 27.3 Å². The largest absolute Gasteiger partial charge is 0.479 e. The van der Waals surface area contributed by atoms with Crippen molar-refractivity contribution in [3.63, 3.8) is 0 Å². The molecular weight excluding hydrogens is 337 g/mol. The Labute approximate surface area is 152 Å². The van der Waals surface area contributed by atoms with Crippen LogP contribution in [0, 0.1) is 5.82 Å². The highest BCUT2D eigenvalue weighted by Crippen LogP contribution is 2.15. The molecule has 0 saturated heterocycles. The highest BCUT2D eigenvalue weighted by molar-refractivity contribution is 5.80. The molecule has 0 fully saturated rings. The van der Waals surface area contributed by atoms with E-state index >= 15 is 0 Å². The molecule has 0 N–H and O–H groups in total. The van der Waals surface area contributed by atoms with E-state index in [1.165, 1.54) is 28.7 Å². The quantitative estimate of drug-likeness (QED) is 0.680. The number of halogens is 1. The number of benzene rings is 2. The van der Waals surface area contributed by atoms with Crippen molar-refractivity contribution < 1.29 is 23.5 Å². The predicted octanol–water partition coefficient (Wildman–Crippen LogP) is 2.97. The van der Waals surface area contributed by atoms with Crippen molar-refractivity contribution in [2.24, 2.45) is 0 Å². The van der Waals surface area contributed by atoms with Gasteiger partial charge in [0.2, 0.25) is 0 Å². The molecule has 0 saturated carbocycles. The second-order valence-electron chi connectivity index (χ2n) is 5.80. The summed E-state index contributed by atoms with van der Waals surface area (Å²) in [6, 6.07) is 13.7. The van der Waals surface area contributed by atoms with E-state index in [2.05, 4.69) is 6.92 Å². The predicted molar refractivity (Wildman–Crippen MR) is 95.1 cm³/mol. The van der Waals surface area contributed by atoms with Gasteiger partial charge in [-0.1, -0.05) is 43.3 Å². The summed E-state index contributed by atoms with van der Waals surface area (Å²) in [6.07, 6.45) is 0.958. The summed E-state index contributed by atoms with van der Waals surface area (Å²) in [6.45, 7) is 1.65. The van der Waals surface area contributed by atoms with Crippen molar-refractivity contribution in [3.8, 4) is 5.75 Å². The normalized spacial score (nSPS) is 10.3. The van der Waals surface area contributed by atoms with Gasteiger partial charge in [-0.05, 0) is 29.7 Å². The number of amides is 1. The summed E-state index contributed by atoms with van der Waals surface area (Å²) in [5.41, 5.74) is 2.22. The topological polar surface area (TPSA) is 55.8 Å². The smallest absolute Gasteiger partial charge is 0.344 e. The van der Waals surface area contributed by atoms with Crippen LogP contribution >= 0.6 is 0 Å². The first-order valence-electron chi connectivity index (χ1n) is 8.34. The Bertz CT molecular complexity index is 746. The molecule has 0 aliphatic rings. The van der Waals surface area contributed by atoms with E-state index in [-0.39, 0.29) is 18.3 Å². The van der Waals surface area contributed by atoms with E-state index in [9.17, 15) is 14.0 Å². The van der Waals surface area contributed by atoms with Crippen LogP contribution in [-0.4, -0.2) is 37.0 Å². The second kappa shape index (κ2) is 9.56. The van der Waals surface area contributed by atoms with Crippen LogP contribution in [0.1, 0.15) is 18.1 Å². The van der Waals surface area contributed by atoms with Gasteiger partial charge in [0.15, 0.2) is 24.8 Å². The van der Waals surface area contributed by atoms with Gasteiger partial charge in [0, 0.05) is 13.6 Å². The molecule has 0 bridgehead atoms. The number of rotatable bonds is 8. The lowest BCUT2D eigenvalue weighted by Gasteiger charge is -2.17. The summed E-state index contributed by atoms with van der Waals surface area (Å²) < 4.78 is 23.3. The highest BCUT2D eigenvalue weighted by Gasteiger charge is 2.13. The highest BCUT2D eigenvalue weighted by atomic mass is 19.1. The van der Waals surface area contributed by atoms with E-state index < -0.39 is 18.4 Å². The maximum Gasteiger partial charge on any atom is 0.344 e. The zero-order valence-corrected chi connectivity index (χ0v) is 14.9. The number of para-hydroxylation sites is 1. The molecule has 26 heavy (non-hydrogen) atoms. The first-order valence-corrected chi connectivity index (χ1v) is 8.34. The maximum absolute atomic E-state index is 13.4. The molecule has 0 aliphatic heterocycles. The van der Waals surface area contributed by atoms with Gasteiger partial charge in [0.25, 0.3) is 5.91 Å². The molecule has 0 atom stereocenters. The molecule has 2 aromatic carbocycles. The zero-order chi connectivity index (χ0) is 18.9. The van der Waals surface area contributed by atoms with E-state index in [0.29, 0.717) is 6.54 Å². The molecular formula is C20H22FNO4.